The van der Waals surface area contributed by atoms with Gasteiger partial charge in [0.2, 0.25) is 0 Å². The van der Waals surface area contributed by atoms with Gasteiger partial charge in [0.25, 0.3) is 0 Å². The van der Waals surface area contributed by atoms with Crippen LogP contribution < -0.4 is 5.25 Å². The van der Waals surface area contributed by atoms with Gasteiger partial charge in [-0.25, -0.2) is 0 Å². The van der Waals surface area contributed by atoms with Gasteiger partial charge in [-0.2, -0.15) is 0 Å². The Bertz CT molecular complexity index is 30.8. The molecule has 5 heavy (non-hydrogen) atoms. The van der Waals surface area contributed by atoms with Crippen LogP contribution in [-0.2, 0) is 4.84 Å². The van der Waals surface area contributed by atoms with Crippen LogP contribution in [0.1, 0.15) is 0 Å². The highest BCUT2D eigenvalue weighted by Gasteiger charge is 1.51. The highest BCUT2D eigenvalue weighted by atomic mass is 31.0. The summed E-state index contributed by atoms with van der Waals surface area (Å²) < 4.78 is 0. The molecule has 1 N–H and O–H groups in total. The normalized spacial score (nSPS) is 6.60. The molecular weight excluding hydrogens is 85.0 g/mol. The minimum atomic E-state index is 1.30. The molecule has 0 aromatic carbocycles. The van der Waals surface area contributed by atoms with Crippen molar-refractivity contribution in [3.8, 4) is 0 Å². The average molecular weight is 91.0 g/mol. The van der Waals surface area contributed by atoms with Crippen LogP contribution in [0.5, 0.6) is 0 Å². The smallest absolute Gasteiger partial charge is 0.104 e. The van der Waals surface area contributed by atoms with Gasteiger partial charge in [-0.1, -0.05) is 6.58 Å². The molecule has 3 heteroatoms. The van der Waals surface area contributed by atoms with Gasteiger partial charge in [0.1, 0.15) is 6.26 Å². The summed E-state index contributed by atoms with van der Waals surface area (Å²) in [5, 5.41) is 2.32. The Hall–Kier alpha value is -0.0700. The molecule has 30 valence electrons. The maximum Gasteiger partial charge on any atom is 0.104 e. The Kier molecular flexibility index (Phi) is 3.87. The number of nitrogens with one attached hydrogen (secondary N) is 1. The Balaban J connectivity index is 2.40. The predicted octanol–water partition coefficient (Wildman–Crippen LogP) is 0.441. The monoisotopic (exact) mass is 91.0 g/mol. The van der Waals surface area contributed by atoms with E-state index in [1.807, 2.05) is 0 Å². The Morgan fingerprint density at radius 1 is 2.00 bits per heavy atom. The summed E-state index contributed by atoms with van der Waals surface area (Å²) >= 11 is 0. The van der Waals surface area contributed by atoms with Gasteiger partial charge in [0.15, 0.2) is 0 Å². The first-order chi connectivity index (χ1) is 2.41. The summed E-state index contributed by atoms with van der Waals surface area (Å²) in [6.07, 6.45) is 1.30. The van der Waals surface area contributed by atoms with E-state index in [9.17, 15) is 0 Å². The lowest BCUT2D eigenvalue weighted by Crippen LogP contribution is -1.88. The van der Waals surface area contributed by atoms with Crippen molar-refractivity contribution in [1.82, 2.24) is 5.25 Å². The number of rotatable bonds is 2. The third-order valence-corrected chi connectivity index (χ3v) is 0.287. The fourth-order valence-corrected chi connectivity index (χ4v) is 0.144. The summed E-state index contributed by atoms with van der Waals surface area (Å²) in [4.78, 5) is 4.31. The third-order valence-electron chi connectivity index (χ3n) is 0.151. The van der Waals surface area contributed by atoms with Gasteiger partial charge >= 0.3 is 0 Å². The van der Waals surface area contributed by atoms with Crippen LogP contribution in [-0.4, -0.2) is 0 Å². The molecule has 0 saturated carbocycles. The molecule has 0 spiro atoms. The van der Waals surface area contributed by atoms with Crippen molar-refractivity contribution in [3.63, 3.8) is 0 Å². The van der Waals surface area contributed by atoms with Crippen LogP contribution >= 0.6 is 9.39 Å². The maximum absolute atomic E-state index is 4.31. The molecule has 0 aliphatic rings. The molecule has 0 aliphatic heterocycles. The van der Waals surface area contributed by atoms with Crippen molar-refractivity contribution in [2.24, 2.45) is 0 Å². The Morgan fingerprint density at radius 3 is 2.60 bits per heavy atom. The molecule has 2 nitrogen and oxygen atoms in total. The summed E-state index contributed by atoms with van der Waals surface area (Å²) in [6, 6.07) is 0. The van der Waals surface area contributed by atoms with Crippen LogP contribution in [0, 0.1) is 0 Å². The minimum absolute atomic E-state index is 1.30. The minimum Gasteiger partial charge on any atom is -0.414 e. The number of hydrogen-bond donors (Lipinski definition) is 1. The molecule has 1 unspecified atom stereocenters. The quantitative estimate of drug-likeness (QED) is 0.302. The highest BCUT2D eigenvalue weighted by molar-refractivity contribution is 7.13. The summed E-state index contributed by atoms with van der Waals surface area (Å²) in [5.74, 6) is 0. The predicted molar refractivity (Wildman–Crippen MR) is 24.1 cm³/mol. The van der Waals surface area contributed by atoms with E-state index in [1.165, 1.54) is 6.26 Å². The first-order valence-electron chi connectivity index (χ1n) is 1.14. The SMILES string of the molecule is C=CONP. The third kappa shape index (κ3) is 3.93. The van der Waals surface area contributed by atoms with E-state index in [1.54, 1.807) is 0 Å². The van der Waals surface area contributed by atoms with Gasteiger partial charge < -0.3 is 4.84 Å². The van der Waals surface area contributed by atoms with Crippen molar-refractivity contribution in [2.75, 3.05) is 0 Å². The van der Waals surface area contributed by atoms with Crippen molar-refractivity contribution in [1.29, 1.82) is 0 Å². The fraction of sp³-hybridized carbons (Fsp3) is 0. The maximum atomic E-state index is 4.31. The molecule has 1 atom stereocenters. The van der Waals surface area contributed by atoms with E-state index in [2.05, 4.69) is 26.1 Å². The van der Waals surface area contributed by atoms with E-state index < -0.39 is 0 Å². The Labute approximate surface area is 33.4 Å². The lowest BCUT2D eigenvalue weighted by atomic mass is 11.2. The second kappa shape index (κ2) is 3.93. The molecule has 0 rings (SSSR count). The first kappa shape index (κ1) is 4.93. The second-order valence-electron chi connectivity index (χ2n) is 0.402. The van der Waals surface area contributed by atoms with Gasteiger partial charge in [0, 0.05) is 0 Å². The Morgan fingerprint density at radius 2 is 2.60 bits per heavy atom. The van der Waals surface area contributed by atoms with Crippen LogP contribution in [0.25, 0.3) is 0 Å². The van der Waals surface area contributed by atoms with Crippen LogP contribution in [0.3, 0.4) is 0 Å². The lowest BCUT2D eigenvalue weighted by Gasteiger charge is -1.86. The molecule has 0 aromatic heterocycles. The molecule has 0 aliphatic carbocycles. The van der Waals surface area contributed by atoms with Crippen molar-refractivity contribution in [3.05, 3.63) is 12.8 Å². The van der Waals surface area contributed by atoms with Crippen LogP contribution in [0.2, 0.25) is 0 Å². The average Bonchev–Trinajstić information content (AvgIpc) is 1.41. The second-order valence-corrected chi connectivity index (χ2v) is 0.638. The van der Waals surface area contributed by atoms with E-state index >= 15 is 0 Å². The van der Waals surface area contributed by atoms with E-state index in [0.29, 0.717) is 0 Å². The molecule has 0 amide bonds. The van der Waals surface area contributed by atoms with Gasteiger partial charge in [-0.3, -0.25) is 0 Å². The summed E-state index contributed by atoms with van der Waals surface area (Å²) in [5.41, 5.74) is 0. The van der Waals surface area contributed by atoms with Crippen molar-refractivity contribution >= 4 is 9.39 Å². The largest absolute Gasteiger partial charge is 0.414 e. The van der Waals surface area contributed by atoms with E-state index in [0.717, 1.165) is 0 Å². The zero-order valence-corrected chi connectivity index (χ0v) is 3.92. The van der Waals surface area contributed by atoms with Crippen LogP contribution in [0.4, 0.5) is 0 Å². The zero-order valence-electron chi connectivity index (χ0n) is 2.77. The van der Waals surface area contributed by atoms with Gasteiger partial charge in [-0.15, -0.1) is 5.25 Å². The molecule has 0 bridgehead atoms. The lowest BCUT2D eigenvalue weighted by molar-refractivity contribution is 0.215. The van der Waals surface area contributed by atoms with Crippen molar-refractivity contribution < 1.29 is 4.84 Å². The van der Waals surface area contributed by atoms with E-state index in [4.69, 9.17) is 0 Å². The van der Waals surface area contributed by atoms with E-state index in [-0.39, 0.29) is 0 Å². The van der Waals surface area contributed by atoms with Crippen molar-refractivity contribution in [2.45, 2.75) is 0 Å². The molecular formula is C2H6NOP. The highest BCUT2D eigenvalue weighted by Crippen LogP contribution is 1.67. The molecule has 0 fully saturated rings. The fourth-order valence-electron chi connectivity index (χ4n) is 0.0481. The zero-order chi connectivity index (χ0) is 4.12. The van der Waals surface area contributed by atoms with Gasteiger partial charge in [-0.05, 0) is 9.39 Å². The summed E-state index contributed by atoms with van der Waals surface area (Å²) in [7, 11) is 2.16. The number of hydrogen-bond acceptors (Lipinski definition) is 2. The standard InChI is InChI=1S/C2H6NOP/c1-2-4-3-5/h2-3H,1,5H2. The molecule has 0 radical (unpaired) electrons. The topological polar surface area (TPSA) is 21.3 Å². The van der Waals surface area contributed by atoms with Crippen LogP contribution in [0.15, 0.2) is 12.8 Å². The summed E-state index contributed by atoms with van der Waals surface area (Å²) in [6.45, 7) is 3.25. The molecule has 0 saturated heterocycles. The molecule has 0 heterocycles. The van der Waals surface area contributed by atoms with Gasteiger partial charge in [0.05, 0.1) is 0 Å². The first-order valence-corrected chi connectivity index (χ1v) is 1.71. The molecule has 0 aromatic rings.